The van der Waals surface area contributed by atoms with Gasteiger partial charge < -0.3 is 9.64 Å². The Balaban J connectivity index is 1.84. The fourth-order valence-electron chi connectivity index (χ4n) is 3.65. The van der Waals surface area contributed by atoms with E-state index in [1.807, 2.05) is 25.1 Å². The van der Waals surface area contributed by atoms with Crippen LogP contribution in [-0.4, -0.2) is 45.9 Å². The van der Waals surface area contributed by atoms with Crippen molar-refractivity contribution in [2.24, 2.45) is 0 Å². The van der Waals surface area contributed by atoms with Gasteiger partial charge in [0, 0.05) is 42.3 Å². The maximum Gasteiger partial charge on any atom is 0.178 e. The van der Waals surface area contributed by atoms with Crippen molar-refractivity contribution in [1.29, 1.82) is 0 Å². The SMILES string of the molecule is CCOCCCS(=O)(=O)c1ccc([C@@H]2CN(C)Cc3c(Cl)cc(Cl)cc32)cc1. The molecule has 0 saturated carbocycles. The summed E-state index contributed by atoms with van der Waals surface area (Å²) in [5.74, 6) is 0.187. The highest BCUT2D eigenvalue weighted by atomic mass is 35.5. The first kappa shape index (κ1) is 21.6. The van der Waals surface area contributed by atoms with E-state index in [-0.39, 0.29) is 11.7 Å². The Morgan fingerprint density at radius 2 is 1.89 bits per heavy atom. The van der Waals surface area contributed by atoms with Crippen molar-refractivity contribution in [2.75, 3.05) is 32.6 Å². The summed E-state index contributed by atoms with van der Waals surface area (Å²) in [6.07, 6.45) is 0.496. The quantitative estimate of drug-likeness (QED) is 0.580. The van der Waals surface area contributed by atoms with Crippen molar-refractivity contribution in [3.05, 3.63) is 63.1 Å². The molecule has 0 fully saturated rings. The fourth-order valence-corrected chi connectivity index (χ4v) is 5.50. The highest BCUT2D eigenvalue weighted by Crippen LogP contribution is 2.38. The lowest BCUT2D eigenvalue weighted by atomic mass is 9.85. The highest BCUT2D eigenvalue weighted by molar-refractivity contribution is 7.91. The largest absolute Gasteiger partial charge is 0.382 e. The Bertz CT molecular complexity index is 929. The predicted molar refractivity (Wildman–Crippen MR) is 114 cm³/mol. The van der Waals surface area contributed by atoms with Crippen LogP contribution in [0.25, 0.3) is 0 Å². The molecule has 0 aliphatic carbocycles. The number of fused-ring (bicyclic) bond motifs is 1. The molecular weight excluding hydrogens is 417 g/mol. The minimum atomic E-state index is -3.31. The van der Waals surface area contributed by atoms with Gasteiger partial charge in [-0.05, 0) is 61.3 Å². The van der Waals surface area contributed by atoms with Crippen LogP contribution >= 0.6 is 23.2 Å². The molecule has 0 amide bonds. The summed E-state index contributed by atoms with van der Waals surface area (Å²) in [6, 6.07) is 10.9. The number of hydrogen-bond donors (Lipinski definition) is 0. The van der Waals surface area contributed by atoms with E-state index >= 15 is 0 Å². The number of ether oxygens (including phenoxy) is 1. The lowest BCUT2D eigenvalue weighted by molar-refractivity contribution is 0.148. The first-order valence-corrected chi connectivity index (χ1v) is 11.8. The van der Waals surface area contributed by atoms with Gasteiger partial charge in [-0.15, -0.1) is 0 Å². The third-order valence-electron chi connectivity index (χ3n) is 5.04. The molecule has 0 spiro atoms. The summed E-state index contributed by atoms with van der Waals surface area (Å²) in [5.41, 5.74) is 3.25. The lowest BCUT2D eigenvalue weighted by Crippen LogP contribution is -2.31. The van der Waals surface area contributed by atoms with Crippen molar-refractivity contribution in [3.8, 4) is 0 Å². The van der Waals surface area contributed by atoms with Gasteiger partial charge in [0.1, 0.15) is 0 Å². The minimum Gasteiger partial charge on any atom is -0.382 e. The second-order valence-corrected chi connectivity index (χ2v) is 10.1. The van der Waals surface area contributed by atoms with Crippen LogP contribution in [0.2, 0.25) is 10.0 Å². The second-order valence-electron chi connectivity index (χ2n) is 7.14. The Morgan fingerprint density at radius 3 is 2.57 bits per heavy atom. The summed E-state index contributed by atoms with van der Waals surface area (Å²) in [4.78, 5) is 2.56. The molecule has 1 aliphatic heterocycles. The van der Waals surface area contributed by atoms with Crippen molar-refractivity contribution >= 4 is 33.0 Å². The molecule has 152 valence electrons. The molecule has 28 heavy (non-hydrogen) atoms. The molecule has 0 bridgehead atoms. The number of sulfone groups is 1. The molecule has 4 nitrogen and oxygen atoms in total. The molecule has 0 saturated heterocycles. The predicted octanol–water partition coefficient (Wildman–Crippen LogP) is 4.77. The zero-order chi connectivity index (χ0) is 20.3. The second kappa shape index (κ2) is 9.14. The first-order valence-electron chi connectivity index (χ1n) is 9.38. The van der Waals surface area contributed by atoms with E-state index in [4.69, 9.17) is 27.9 Å². The molecule has 1 atom stereocenters. The van der Waals surface area contributed by atoms with Crippen LogP contribution in [0, 0.1) is 0 Å². The molecular formula is C21H25Cl2NO3S. The summed E-state index contributed by atoms with van der Waals surface area (Å²) >= 11 is 12.7. The first-order chi connectivity index (χ1) is 13.3. The molecule has 0 N–H and O–H groups in total. The Morgan fingerprint density at radius 1 is 1.18 bits per heavy atom. The normalized spacial score (nSPS) is 17.5. The molecule has 0 aromatic heterocycles. The van der Waals surface area contributed by atoms with Crippen LogP contribution in [0.1, 0.15) is 36.0 Å². The highest BCUT2D eigenvalue weighted by Gasteiger charge is 2.27. The number of halogens is 2. The molecule has 1 aliphatic rings. The number of hydrogen-bond acceptors (Lipinski definition) is 4. The van der Waals surface area contributed by atoms with Crippen molar-refractivity contribution in [3.63, 3.8) is 0 Å². The summed E-state index contributed by atoms with van der Waals surface area (Å²) in [6.45, 7) is 4.55. The van der Waals surface area contributed by atoms with Crippen molar-refractivity contribution < 1.29 is 13.2 Å². The van der Waals surface area contributed by atoms with E-state index in [9.17, 15) is 8.42 Å². The van der Waals surface area contributed by atoms with Gasteiger partial charge in [-0.1, -0.05) is 35.3 Å². The zero-order valence-corrected chi connectivity index (χ0v) is 18.4. The number of nitrogens with zero attached hydrogens (tertiary/aromatic N) is 1. The smallest absolute Gasteiger partial charge is 0.178 e. The maximum absolute atomic E-state index is 12.5. The fraction of sp³-hybridized carbons (Fsp3) is 0.429. The Hall–Kier alpha value is -1.11. The van der Waals surface area contributed by atoms with Gasteiger partial charge in [0.2, 0.25) is 0 Å². The van der Waals surface area contributed by atoms with Crippen LogP contribution in [0.5, 0.6) is 0 Å². The van der Waals surface area contributed by atoms with E-state index in [0.29, 0.717) is 34.6 Å². The van der Waals surface area contributed by atoms with Crippen LogP contribution < -0.4 is 0 Å². The molecule has 7 heteroatoms. The molecule has 0 radical (unpaired) electrons. The topological polar surface area (TPSA) is 46.6 Å². The molecule has 0 unspecified atom stereocenters. The number of benzene rings is 2. The summed E-state index contributed by atoms with van der Waals surface area (Å²) in [5, 5.41) is 1.29. The lowest BCUT2D eigenvalue weighted by Gasteiger charge is -2.33. The average Bonchev–Trinajstić information content (AvgIpc) is 2.65. The molecule has 2 aromatic rings. The molecule has 3 rings (SSSR count). The summed E-state index contributed by atoms with van der Waals surface area (Å²) in [7, 11) is -1.25. The molecule has 1 heterocycles. The Labute approximate surface area is 177 Å². The van der Waals surface area contributed by atoms with Gasteiger partial charge in [0.05, 0.1) is 10.6 Å². The van der Waals surface area contributed by atoms with Crippen LogP contribution in [0.3, 0.4) is 0 Å². The summed E-state index contributed by atoms with van der Waals surface area (Å²) < 4.78 is 30.3. The van der Waals surface area contributed by atoms with Crippen LogP contribution in [0.15, 0.2) is 41.3 Å². The van der Waals surface area contributed by atoms with Crippen molar-refractivity contribution in [2.45, 2.75) is 30.7 Å². The van der Waals surface area contributed by atoms with E-state index < -0.39 is 9.84 Å². The Kier molecular flexibility index (Phi) is 7.05. The minimum absolute atomic E-state index is 0.0898. The third-order valence-corrected chi connectivity index (χ3v) is 7.41. The van der Waals surface area contributed by atoms with Gasteiger partial charge >= 0.3 is 0 Å². The number of likely N-dealkylation sites (N-methyl/N-ethyl adjacent to an activating group) is 1. The van der Waals surface area contributed by atoms with E-state index in [1.165, 1.54) is 0 Å². The maximum atomic E-state index is 12.5. The van der Waals surface area contributed by atoms with Gasteiger partial charge in [0.15, 0.2) is 9.84 Å². The van der Waals surface area contributed by atoms with Crippen molar-refractivity contribution in [1.82, 2.24) is 4.90 Å². The van der Waals surface area contributed by atoms with Gasteiger partial charge in [-0.3, -0.25) is 0 Å². The van der Waals surface area contributed by atoms with Crippen LogP contribution in [0.4, 0.5) is 0 Å². The van der Waals surface area contributed by atoms with E-state index in [0.717, 1.165) is 29.8 Å². The van der Waals surface area contributed by atoms with Crippen LogP contribution in [-0.2, 0) is 21.1 Å². The standard InChI is InChI=1S/C21H25Cl2NO3S/c1-3-27-9-4-10-28(25,26)17-7-5-15(6-8-17)19-13-24(2)14-20-18(19)11-16(22)12-21(20)23/h5-8,11-12,19H,3-4,9-10,13-14H2,1-2H3/t19-/m0/s1. The van der Waals surface area contributed by atoms with E-state index in [1.54, 1.807) is 18.2 Å². The van der Waals surface area contributed by atoms with Gasteiger partial charge in [-0.2, -0.15) is 0 Å². The monoisotopic (exact) mass is 441 g/mol. The van der Waals surface area contributed by atoms with Gasteiger partial charge in [0.25, 0.3) is 0 Å². The third kappa shape index (κ3) is 4.89. The zero-order valence-electron chi connectivity index (χ0n) is 16.1. The van der Waals surface area contributed by atoms with Gasteiger partial charge in [-0.25, -0.2) is 8.42 Å². The van der Waals surface area contributed by atoms with E-state index in [2.05, 4.69) is 11.9 Å². The number of rotatable bonds is 7. The molecule has 2 aromatic carbocycles. The average molecular weight is 442 g/mol.